The molecule has 0 amide bonds. The summed E-state index contributed by atoms with van der Waals surface area (Å²) in [6.45, 7) is 2.16. The van der Waals surface area contributed by atoms with E-state index in [0.717, 1.165) is 12.1 Å². The molecule has 18 heavy (non-hydrogen) atoms. The molecule has 1 atom stereocenters. The number of sulfonamides is 1. The lowest BCUT2D eigenvalue weighted by atomic mass is 10.2. The van der Waals surface area contributed by atoms with Crippen LogP contribution in [0.3, 0.4) is 0 Å². The van der Waals surface area contributed by atoms with Gasteiger partial charge in [0.25, 0.3) is 0 Å². The van der Waals surface area contributed by atoms with Gasteiger partial charge in [0.05, 0.1) is 4.90 Å². The highest BCUT2D eigenvalue weighted by molar-refractivity contribution is 7.89. The Morgan fingerprint density at radius 1 is 1.33 bits per heavy atom. The van der Waals surface area contributed by atoms with Crippen molar-refractivity contribution in [2.75, 3.05) is 6.54 Å². The van der Waals surface area contributed by atoms with Crippen LogP contribution in [-0.4, -0.2) is 21.0 Å². The van der Waals surface area contributed by atoms with Crippen molar-refractivity contribution in [1.82, 2.24) is 4.72 Å². The second-order valence-electron chi connectivity index (χ2n) is 4.03. The van der Waals surface area contributed by atoms with Crippen LogP contribution in [0.15, 0.2) is 23.1 Å². The van der Waals surface area contributed by atoms with E-state index in [2.05, 4.69) is 4.72 Å². The van der Waals surface area contributed by atoms with Crippen LogP contribution in [0.5, 0.6) is 0 Å². The van der Waals surface area contributed by atoms with Gasteiger partial charge in [0.15, 0.2) is 11.6 Å². The Morgan fingerprint density at radius 3 is 2.56 bits per heavy atom. The molecule has 0 saturated heterocycles. The molecule has 0 aliphatic heterocycles. The van der Waals surface area contributed by atoms with E-state index in [1.807, 2.05) is 0 Å². The number of hydrogen-bond donors (Lipinski definition) is 2. The van der Waals surface area contributed by atoms with Gasteiger partial charge in [-0.05, 0) is 44.5 Å². The minimum absolute atomic E-state index is 0.291. The highest BCUT2D eigenvalue weighted by atomic mass is 32.2. The summed E-state index contributed by atoms with van der Waals surface area (Å²) < 4.78 is 51.7. The Labute approximate surface area is 105 Å². The number of nitrogens with one attached hydrogen (secondary N) is 1. The molecule has 0 bridgehead atoms. The first-order valence-electron chi connectivity index (χ1n) is 5.54. The standard InChI is InChI=1S/C11H16F2N2O2S/c1-8(3-2-6-14)15-18(16,17)9-4-5-10(12)11(13)7-9/h4-5,7-8,15H,2-3,6,14H2,1H3. The average molecular weight is 278 g/mol. The molecular formula is C11H16F2N2O2S. The summed E-state index contributed by atoms with van der Waals surface area (Å²) in [5.41, 5.74) is 5.32. The van der Waals surface area contributed by atoms with Gasteiger partial charge in [-0.25, -0.2) is 21.9 Å². The minimum Gasteiger partial charge on any atom is -0.330 e. The number of rotatable bonds is 6. The van der Waals surface area contributed by atoms with Crippen LogP contribution < -0.4 is 10.5 Å². The lowest BCUT2D eigenvalue weighted by Crippen LogP contribution is -2.33. The fraction of sp³-hybridized carbons (Fsp3) is 0.455. The van der Waals surface area contributed by atoms with E-state index < -0.39 is 21.7 Å². The minimum atomic E-state index is -3.83. The van der Waals surface area contributed by atoms with Crippen molar-refractivity contribution in [3.63, 3.8) is 0 Å². The first-order chi connectivity index (χ1) is 8.36. The fourth-order valence-corrected chi connectivity index (χ4v) is 2.75. The first-order valence-corrected chi connectivity index (χ1v) is 7.02. The van der Waals surface area contributed by atoms with Crippen molar-refractivity contribution < 1.29 is 17.2 Å². The van der Waals surface area contributed by atoms with Gasteiger partial charge in [0.2, 0.25) is 10.0 Å². The lowest BCUT2D eigenvalue weighted by molar-refractivity contribution is 0.502. The molecule has 0 aliphatic carbocycles. The SMILES string of the molecule is CC(CCCN)NS(=O)(=O)c1ccc(F)c(F)c1. The Kier molecular flexibility index (Phi) is 5.18. The van der Waals surface area contributed by atoms with Crippen LogP contribution in [0.25, 0.3) is 0 Å². The van der Waals surface area contributed by atoms with Crippen molar-refractivity contribution in [3.05, 3.63) is 29.8 Å². The molecule has 0 aromatic heterocycles. The average Bonchev–Trinajstić information content (AvgIpc) is 2.29. The van der Waals surface area contributed by atoms with Crippen molar-refractivity contribution in [2.24, 2.45) is 5.73 Å². The van der Waals surface area contributed by atoms with E-state index in [9.17, 15) is 17.2 Å². The second-order valence-corrected chi connectivity index (χ2v) is 5.74. The van der Waals surface area contributed by atoms with Gasteiger partial charge < -0.3 is 5.73 Å². The largest absolute Gasteiger partial charge is 0.330 e. The van der Waals surface area contributed by atoms with Gasteiger partial charge in [-0.3, -0.25) is 0 Å². The predicted molar refractivity (Wildman–Crippen MR) is 64.4 cm³/mol. The maximum atomic E-state index is 13.0. The molecule has 1 aromatic rings. The summed E-state index contributed by atoms with van der Waals surface area (Å²) in [6, 6.07) is 2.16. The third-order valence-electron chi connectivity index (χ3n) is 2.40. The molecule has 3 N–H and O–H groups in total. The molecule has 0 radical (unpaired) electrons. The Bertz CT molecular complexity index is 506. The molecular weight excluding hydrogens is 262 g/mol. The van der Waals surface area contributed by atoms with E-state index >= 15 is 0 Å². The van der Waals surface area contributed by atoms with Gasteiger partial charge in [-0.2, -0.15) is 0 Å². The molecule has 1 rings (SSSR count). The van der Waals surface area contributed by atoms with Crippen LogP contribution >= 0.6 is 0 Å². The van der Waals surface area contributed by atoms with E-state index in [4.69, 9.17) is 5.73 Å². The summed E-state index contributed by atoms with van der Waals surface area (Å²) >= 11 is 0. The number of halogens is 2. The predicted octanol–water partition coefficient (Wildman–Crippen LogP) is 1.37. The lowest BCUT2D eigenvalue weighted by Gasteiger charge is -2.13. The third kappa shape index (κ3) is 4.01. The quantitative estimate of drug-likeness (QED) is 0.825. The normalized spacial score (nSPS) is 13.6. The highest BCUT2D eigenvalue weighted by Gasteiger charge is 2.18. The van der Waals surface area contributed by atoms with E-state index in [1.54, 1.807) is 6.92 Å². The maximum Gasteiger partial charge on any atom is 0.240 e. The van der Waals surface area contributed by atoms with Crippen molar-refractivity contribution in [3.8, 4) is 0 Å². The monoisotopic (exact) mass is 278 g/mol. The van der Waals surface area contributed by atoms with Gasteiger partial charge >= 0.3 is 0 Å². The second kappa shape index (κ2) is 6.21. The van der Waals surface area contributed by atoms with Crippen molar-refractivity contribution in [2.45, 2.75) is 30.7 Å². The topological polar surface area (TPSA) is 72.2 Å². The summed E-state index contributed by atoms with van der Waals surface area (Å²) in [6.07, 6.45) is 1.26. The van der Waals surface area contributed by atoms with Gasteiger partial charge in [-0.1, -0.05) is 0 Å². The van der Waals surface area contributed by atoms with Crippen LogP contribution in [0.1, 0.15) is 19.8 Å². The molecule has 0 fully saturated rings. The summed E-state index contributed by atoms with van der Waals surface area (Å²) in [5.74, 6) is -2.27. The molecule has 0 aliphatic rings. The van der Waals surface area contributed by atoms with Gasteiger partial charge in [0, 0.05) is 6.04 Å². The Morgan fingerprint density at radius 2 is 2.00 bits per heavy atom. The maximum absolute atomic E-state index is 13.0. The molecule has 1 unspecified atom stereocenters. The van der Waals surface area contributed by atoms with Crippen LogP contribution in [0.2, 0.25) is 0 Å². The highest BCUT2D eigenvalue weighted by Crippen LogP contribution is 2.14. The molecule has 0 heterocycles. The number of benzene rings is 1. The Hall–Kier alpha value is -1.05. The molecule has 7 heteroatoms. The Balaban J connectivity index is 2.83. The molecule has 102 valence electrons. The van der Waals surface area contributed by atoms with E-state index in [-0.39, 0.29) is 10.9 Å². The molecule has 0 saturated carbocycles. The third-order valence-corrected chi connectivity index (χ3v) is 3.99. The summed E-state index contributed by atoms with van der Waals surface area (Å²) in [5, 5.41) is 0. The van der Waals surface area contributed by atoms with Gasteiger partial charge in [-0.15, -0.1) is 0 Å². The van der Waals surface area contributed by atoms with Gasteiger partial charge in [0.1, 0.15) is 0 Å². The zero-order chi connectivity index (χ0) is 13.8. The zero-order valence-electron chi connectivity index (χ0n) is 9.99. The number of nitrogens with two attached hydrogens (primary N) is 1. The molecule has 4 nitrogen and oxygen atoms in total. The number of hydrogen-bond acceptors (Lipinski definition) is 3. The van der Waals surface area contributed by atoms with Crippen molar-refractivity contribution in [1.29, 1.82) is 0 Å². The smallest absolute Gasteiger partial charge is 0.240 e. The molecule has 1 aromatic carbocycles. The zero-order valence-corrected chi connectivity index (χ0v) is 10.8. The van der Waals surface area contributed by atoms with E-state index in [0.29, 0.717) is 25.5 Å². The summed E-state index contributed by atoms with van der Waals surface area (Å²) in [7, 11) is -3.83. The summed E-state index contributed by atoms with van der Waals surface area (Å²) in [4.78, 5) is -0.291. The van der Waals surface area contributed by atoms with Crippen LogP contribution in [0, 0.1) is 11.6 Å². The fourth-order valence-electron chi connectivity index (χ4n) is 1.46. The van der Waals surface area contributed by atoms with E-state index in [1.165, 1.54) is 0 Å². The van der Waals surface area contributed by atoms with Crippen molar-refractivity contribution >= 4 is 10.0 Å². The first kappa shape index (κ1) is 15.0. The van der Waals surface area contributed by atoms with Crippen LogP contribution in [-0.2, 0) is 10.0 Å². The van der Waals surface area contributed by atoms with Crippen LogP contribution in [0.4, 0.5) is 8.78 Å². The molecule has 0 spiro atoms.